The van der Waals surface area contributed by atoms with E-state index in [2.05, 4.69) is 22.4 Å². The Morgan fingerprint density at radius 1 is 1.05 bits per heavy atom. The van der Waals surface area contributed by atoms with Gasteiger partial charge in [-0.25, -0.2) is 0 Å². The summed E-state index contributed by atoms with van der Waals surface area (Å²) in [6.07, 6.45) is 1.00. The summed E-state index contributed by atoms with van der Waals surface area (Å²) in [4.78, 5) is 0. The number of aromatic nitrogens is 2. The molecule has 5 nitrogen and oxygen atoms in total. The van der Waals surface area contributed by atoms with Crippen LogP contribution in [0.2, 0.25) is 0 Å². The van der Waals surface area contributed by atoms with Gasteiger partial charge in [0.1, 0.15) is 18.1 Å². The van der Waals surface area contributed by atoms with Crippen LogP contribution >= 0.6 is 11.3 Å². The van der Waals surface area contributed by atoms with Crippen molar-refractivity contribution in [1.29, 1.82) is 0 Å². The number of hydrogen-bond acceptors (Lipinski definition) is 6. The zero-order valence-corrected chi connectivity index (χ0v) is 12.6. The lowest BCUT2D eigenvalue weighted by Crippen LogP contribution is -1.96. The van der Waals surface area contributed by atoms with Crippen LogP contribution in [0.4, 0.5) is 5.13 Å². The summed E-state index contributed by atoms with van der Waals surface area (Å²) in [6, 6.07) is 7.62. The molecular weight excluding hydrogens is 274 g/mol. The number of nitrogens with one attached hydrogen (secondary N) is 1. The second kappa shape index (κ2) is 7.69. The van der Waals surface area contributed by atoms with Gasteiger partial charge in [-0.2, -0.15) is 0 Å². The minimum absolute atomic E-state index is 0.429. The first-order valence-electron chi connectivity index (χ1n) is 6.73. The van der Waals surface area contributed by atoms with Crippen molar-refractivity contribution in [2.24, 2.45) is 0 Å². The molecule has 2 rings (SSSR count). The standard InChI is InChI=1S/C14H19N3O2S/c1-3-9-18-11-5-7-12(8-6-11)19-10-13-16-17-14(20-13)15-4-2/h5-8H,3-4,9-10H2,1-2H3,(H,15,17). The van der Waals surface area contributed by atoms with Gasteiger partial charge in [0.25, 0.3) is 0 Å². The summed E-state index contributed by atoms with van der Waals surface area (Å²) in [7, 11) is 0. The van der Waals surface area contributed by atoms with E-state index in [1.165, 1.54) is 11.3 Å². The van der Waals surface area contributed by atoms with Crippen LogP contribution in [-0.2, 0) is 6.61 Å². The number of benzene rings is 1. The first-order valence-corrected chi connectivity index (χ1v) is 7.55. The van der Waals surface area contributed by atoms with Crippen molar-refractivity contribution in [3.63, 3.8) is 0 Å². The van der Waals surface area contributed by atoms with Crippen LogP contribution in [0.1, 0.15) is 25.3 Å². The molecule has 0 aliphatic heterocycles. The third-order valence-corrected chi connectivity index (χ3v) is 3.31. The van der Waals surface area contributed by atoms with E-state index in [-0.39, 0.29) is 0 Å². The molecule has 0 bridgehead atoms. The third kappa shape index (κ3) is 4.38. The molecule has 0 aliphatic rings. The molecule has 1 N–H and O–H groups in total. The smallest absolute Gasteiger partial charge is 0.205 e. The van der Waals surface area contributed by atoms with Crippen molar-refractivity contribution >= 4 is 16.5 Å². The molecule has 0 atom stereocenters. The van der Waals surface area contributed by atoms with Crippen molar-refractivity contribution in [3.8, 4) is 11.5 Å². The van der Waals surface area contributed by atoms with Crippen LogP contribution in [0, 0.1) is 0 Å². The molecule has 1 heterocycles. The van der Waals surface area contributed by atoms with Crippen molar-refractivity contribution < 1.29 is 9.47 Å². The highest BCUT2D eigenvalue weighted by Gasteiger charge is 2.04. The normalized spacial score (nSPS) is 10.3. The van der Waals surface area contributed by atoms with Gasteiger partial charge in [-0.1, -0.05) is 18.3 Å². The fourth-order valence-electron chi connectivity index (χ4n) is 1.53. The van der Waals surface area contributed by atoms with Gasteiger partial charge in [0.05, 0.1) is 6.61 Å². The summed E-state index contributed by atoms with van der Waals surface area (Å²) in [5.41, 5.74) is 0. The fourth-order valence-corrected chi connectivity index (χ4v) is 2.25. The maximum atomic E-state index is 5.67. The van der Waals surface area contributed by atoms with Crippen molar-refractivity contribution in [2.75, 3.05) is 18.5 Å². The van der Waals surface area contributed by atoms with Gasteiger partial charge in [0, 0.05) is 6.54 Å². The van der Waals surface area contributed by atoms with Crippen LogP contribution in [-0.4, -0.2) is 23.3 Å². The Kier molecular flexibility index (Phi) is 5.61. The highest BCUT2D eigenvalue weighted by atomic mass is 32.1. The predicted molar refractivity (Wildman–Crippen MR) is 80.6 cm³/mol. The quantitative estimate of drug-likeness (QED) is 0.809. The van der Waals surface area contributed by atoms with E-state index < -0.39 is 0 Å². The minimum Gasteiger partial charge on any atom is -0.494 e. The molecule has 2 aromatic rings. The van der Waals surface area contributed by atoms with Gasteiger partial charge in [0.15, 0.2) is 5.01 Å². The molecule has 108 valence electrons. The molecule has 0 unspecified atom stereocenters. The monoisotopic (exact) mass is 293 g/mol. The Hall–Kier alpha value is -1.82. The first-order chi connectivity index (χ1) is 9.81. The van der Waals surface area contributed by atoms with Crippen molar-refractivity contribution in [2.45, 2.75) is 26.9 Å². The molecular formula is C14H19N3O2S. The predicted octanol–water partition coefficient (Wildman–Crippen LogP) is 3.34. The molecule has 0 aliphatic carbocycles. The molecule has 20 heavy (non-hydrogen) atoms. The number of nitrogens with zero attached hydrogens (tertiary/aromatic N) is 2. The van der Waals surface area contributed by atoms with Gasteiger partial charge in [0.2, 0.25) is 5.13 Å². The van der Waals surface area contributed by atoms with E-state index in [0.29, 0.717) is 6.61 Å². The average molecular weight is 293 g/mol. The van der Waals surface area contributed by atoms with Crippen LogP contribution in [0.3, 0.4) is 0 Å². The topological polar surface area (TPSA) is 56.3 Å². The summed E-state index contributed by atoms with van der Waals surface area (Å²) in [5.74, 6) is 1.67. The molecule has 0 spiro atoms. The number of ether oxygens (including phenoxy) is 2. The molecule has 0 fully saturated rings. The molecule has 0 radical (unpaired) electrons. The van der Waals surface area contributed by atoms with Crippen LogP contribution in [0.15, 0.2) is 24.3 Å². The molecule has 0 saturated heterocycles. The highest BCUT2D eigenvalue weighted by Crippen LogP contribution is 2.20. The fraction of sp³-hybridized carbons (Fsp3) is 0.429. The highest BCUT2D eigenvalue weighted by molar-refractivity contribution is 7.15. The Labute approximate surface area is 123 Å². The maximum Gasteiger partial charge on any atom is 0.205 e. The largest absolute Gasteiger partial charge is 0.494 e. The van der Waals surface area contributed by atoms with Gasteiger partial charge in [-0.3, -0.25) is 0 Å². The van der Waals surface area contributed by atoms with Crippen molar-refractivity contribution in [3.05, 3.63) is 29.3 Å². The number of hydrogen-bond donors (Lipinski definition) is 1. The van der Waals surface area contributed by atoms with Crippen molar-refractivity contribution in [1.82, 2.24) is 10.2 Å². The van der Waals surface area contributed by atoms with Gasteiger partial charge in [-0.15, -0.1) is 10.2 Å². The number of anilines is 1. The first kappa shape index (κ1) is 14.6. The van der Waals surface area contributed by atoms with Gasteiger partial charge < -0.3 is 14.8 Å². The summed E-state index contributed by atoms with van der Waals surface area (Å²) in [5, 5.41) is 12.9. The molecule has 6 heteroatoms. The van der Waals surface area contributed by atoms with E-state index in [0.717, 1.165) is 41.2 Å². The van der Waals surface area contributed by atoms with E-state index in [1.54, 1.807) is 0 Å². The number of rotatable bonds is 8. The van der Waals surface area contributed by atoms with E-state index >= 15 is 0 Å². The second-order valence-corrected chi connectivity index (χ2v) is 5.20. The zero-order valence-electron chi connectivity index (χ0n) is 11.8. The molecule has 1 aromatic carbocycles. The minimum atomic E-state index is 0.429. The van der Waals surface area contributed by atoms with E-state index in [1.807, 2.05) is 31.2 Å². The third-order valence-electron chi connectivity index (χ3n) is 2.45. The maximum absolute atomic E-state index is 5.67. The Morgan fingerprint density at radius 3 is 2.40 bits per heavy atom. The van der Waals surface area contributed by atoms with E-state index in [9.17, 15) is 0 Å². The molecule has 0 amide bonds. The van der Waals surface area contributed by atoms with Crippen LogP contribution in [0.5, 0.6) is 11.5 Å². The molecule has 0 saturated carbocycles. The SMILES string of the molecule is CCCOc1ccc(OCc2nnc(NCC)s2)cc1. The van der Waals surface area contributed by atoms with Crippen LogP contribution in [0.25, 0.3) is 0 Å². The lowest BCUT2D eigenvalue weighted by molar-refractivity contribution is 0.300. The Bertz CT molecular complexity index is 513. The lowest BCUT2D eigenvalue weighted by Gasteiger charge is -2.06. The van der Waals surface area contributed by atoms with Gasteiger partial charge in [-0.05, 0) is 37.6 Å². The lowest BCUT2D eigenvalue weighted by atomic mass is 10.3. The zero-order chi connectivity index (χ0) is 14.2. The Balaban J connectivity index is 1.83. The molecule has 1 aromatic heterocycles. The van der Waals surface area contributed by atoms with Gasteiger partial charge >= 0.3 is 0 Å². The summed E-state index contributed by atoms with van der Waals surface area (Å²) >= 11 is 1.51. The second-order valence-electron chi connectivity index (χ2n) is 4.14. The average Bonchev–Trinajstić information content (AvgIpc) is 2.92. The van der Waals surface area contributed by atoms with E-state index in [4.69, 9.17) is 9.47 Å². The summed E-state index contributed by atoms with van der Waals surface area (Å²) in [6.45, 7) is 6.12. The van der Waals surface area contributed by atoms with Crippen LogP contribution < -0.4 is 14.8 Å². The Morgan fingerprint density at radius 2 is 1.75 bits per heavy atom. The summed E-state index contributed by atoms with van der Waals surface area (Å²) < 4.78 is 11.2.